The summed E-state index contributed by atoms with van der Waals surface area (Å²) in [6, 6.07) is 8.72. The van der Waals surface area contributed by atoms with Gasteiger partial charge in [0.05, 0.1) is 19.1 Å². The minimum atomic E-state index is -0.504. The Balaban J connectivity index is 1.43. The van der Waals surface area contributed by atoms with Gasteiger partial charge in [-0.05, 0) is 49.1 Å². The normalized spacial score (nSPS) is 29.3. The average Bonchev–Trinajstić information content (AvgIpc) is 3.20. The van der Waals surface area contributed by atoms with Crippen molar-refractivity contribution in [2.24, 2.45) is 17.8 Å². The maximum atomic E-state index is 12.9. The highest BCUT2D eigenvalue weighted by atomic mass is 16.6. The number of amides is 1. The first-order valence-electron chi connectivity index (χ1n) is 11.6. The van der Waals surface area contributed by atoms with Gasteiger partial charge < -0.3 is 19.8 Å². The standard InChI is InChI=1S/C25H31N3O4/c1-3-11-26-25(30)32-21-9-8-15-14-28-12-10-17-16-6-4-5-7-19(16)27-23(17)20(28)13-18(15)22(21)24(29)31-2/h3-7,15,18,20-22,27H,1,8-14H2,2H3,(H,26,30)/t15-,18-,20-,21-,22+/m0/s1. The number of hydrogen-bond acceptors (Lipinski definition) is 5. The second-order valence-corrected chi connectivity index (χ2v) is 9.22. The average molecular weight is 438 g/mol. The van der Waals surface area contributed by atoms with Gasteiger partial charge in [0.2, 0.25) is 0 Å². The van der Waals surface area contributed by atoms with Crippen molar-refractivity contribution in [1.82, 2.24) is 15.2 Å². The van der Waals surface area contributed by atoms with Crippen LogP contribution in [0.1, 0.15) is 36.6 Å². The Bertz CT molecular complexity index is 1030. The molecule has 3 heterocycles. The van der Waals surface area contributed by atoms with Gasteiger partial charge in [-0.25, -0.2) is 4.79 Å². The summed E-state index contributed by atoms with van der Waals surface area (Å²) in [4.78, 5) is 31.4. The van der Waals surface area contributed by atoms with Crippen molar-refractivity contribution in [3.63, 3.8) is 0 Å². The van der Waals surface area contributed by atoms with E-state index in [2.05, 4.69) is 46.0 Å². The van der Waals surface area contributed by atoms with Crippen molar-refractivity contribution in [2.75, 3.05) is 26.7 Å². The summed E-state index contributed by atoms with van der Waals surface area (Å²) in [5.41, 5.74) is 3.86. The number of para-hydroxylation sites is 1. The number of carbonyl (C=O) groups excluding carboxylic acids is 2. The molecule has 2 fully saturated rings. The molecule has 170 valence electrons. The number of alkyl carbamates (subject to hydrolysis) is 1. The molecule has 2 aliphatic heterocycles. The lowest BCUT2D eigenvalue weighted by Crippen LogP contribution is -2.54. The topological polar surface area (TPSA) is 83.7 Å². The number of aromatic nitrogens is 1. The van der Waals surface area contributed by atoms with E-state index >= 15 is 0 Å². The summed E-state index contributed by atoms with van der Waals surface area (Å²) in [6.07, 6.45) is 4.16. The SMILES string of the molecule is C=CCNC(=O)O[C@H]1CC[C@H]2CN3CCc4c([nH]c5ccccc45)[C@@H]3C[C@@H]2[C@H]1C(=O)OC. The Morgan fingerprint density at radius 3 is 2.97 bits per heavy atom. The first-order valence-corrected chi connectivity index (χ1v) is 11.6. The Morgan fingerprint density at radius 1 is 1.31 bits per heavy atom. The number of aromatic amines is 1. The van der Waals surface area contributed by atoms with Gasteiger partial charge in [-0.1, -0.05) is 24.3 Å². The summed E-state index contributed by atoms with van der Waals surface area (Å²) >= 11 is 0. The highest BCUT2D eigenvalue weighted by Gasteiger charge is 2.51. The predicted molar refractivity (Wildman–Crippen MR) is 121 cm³/mol. The van der Waals surface area contributed by atoms with E-state index in [1.807, 2.05) is 0 Å². The lowest BCUT2D eigenvalue weighted by Gasteiger charge is -2.51. The maximum absolute atomic E-state index is 12.9. The van der Waals surface area contributed by atoms with Gasteiger partial charge in [-0.3, -0.25) is 9.69 Å². The third-order valence-corrected chi connectivity index (χ3v) is 7.65. The van der Waals surface area contributed by atoms with E-state index in [4.69, 9.17) is 9.47 Å². The van der Waals surface area contributed by atoms with E-state index in [1.165, 1.54) is 29.3 Å². The van der Waals surface area contributed by atoms with Crippen LogP contribution in [0.3, 0.4) is 0 Å². The van der Waals surface area contributed by atoms with Gasteiger partial charge in [-0.2, -0.15) is 0 Å². The number of hydrogen-bond donors (Lipinski definition) is 2. The lowest BCUT2D eigenvalue weighted by molar-refractivity contribution is -0.160. The van der Waals surface area contributed by atoms with Gasteiger partial charge in [0.1, 0.15) is 6.10 Å². The molecular formula is C25H31N3O4. The molecule has 7 nitrogen and oxygen atoms in total. The third kappa shape index (κ3) is 3.58. The van der Waals surface area contributed by atoms with Crippen LogP contribution in [0, 0.1) is 17.8 Å². The number of rotatable bonds is 4. The molecule has 0 spiro atoms. The van der Waals surface area contributed by atoms with Crippen molar-refractivity contribution < 1.29 is 19.1 Å². The molecule has 2 aromatic rings. The summed E-state index contributed by atoms with van der Waals surface area (Å²) in [6.45, 7) is 5.95. The third-order valence-electron chi connectivity index (χ3n) is 7.65. The molecule has 1 saturated heterocycles. The molecule has 2 N–H and O–H groups in total. The van der Waals surface area contributed by atoms with Crippen molar-refractivity contribution >= 4 is 23.0 Å². The number of methoxy groups -OCH3 is 1. The predicted octanol–water partition coefficient (Wildman–Crippen LogP) is 3.57. The molecule has 1 aromatic carbocycles. The van der Waals surface area contributed by atoms with Gasteiger partial charge in [0, 0.05) is 36.2 Å². The van der Waals surface area contributed by atoms with Crippen LogP contribution >= 0.6 is 0 Å². The summed E-state index contributed by atoms with van der Waals surface area (Å²) in [5.74, 6) is -0.197. The number of nitrogens with one attached hydrogen (secondary N) is 2. The fourth-order valence-corrected chi connectivity index (χ4v) is 6.25. The number of fused-ring (bicyclic) bond motifs is 6. The lowest BCUT2D eigenvalue weighted by atomic mass is 9.64. The molecular weight excluding hydrogens is 406 g/mol. The fraction of sp³-hybridized carbons (Fsp3) is 0.520. The Labute approximate surface area is 188 Å². The van der Waals surface area contributed by atoms with E-state index in [0.29, 0.717) is 18.9 Å². The quantitative estimate of drug-likeness (QED) is 0.564. The van der Waals surface area contributed by atoms with E-state index in [1.54, 1.807) is 6.08 Å². The van der Waals surface area contributed by atoms with Crippen LogP contribution in [0.15, 0.2) is 36.9 Å². The van der Waals surface area contributed by atoms with E-state index < -0.39 is 18.1 Å². The fourth-order valence-electron chi connectivity index (χ4n) is 6.25. The zero-order valence-electron chi connectivity index (χ0n) is 18.5. The van der Waals surface area contributed by atoms with E-state index in [-0.39, 0.29) is 17.9 Å². The minimum Gasteiger partial charge on any atom is -0.469 e. The molecule has 1 amide bonds. The zero-order valence-corrected chi connectivity index (χ0v) is 18.5. The largest absolute Gasteiger partial charge is 0.469 e. The van der Waals surface area contributed by atoms with Crippen LogP contribution < -0.4 is 5.32 Å². The Kier molecular flexibility index (Phi) is 5.67. The molecule has 5 atom stereocenters. The monoisotopic (exact) mass is 437 g/mol. The van der Waals surface area contributed by atoms with Crippen LogP contribution in [0.5, 0.6) is 0 Å². The molecule has 3 aliphatic rings. The highest BCUT2D eigenvalue weighted by molar-refractivity contribution is 5.85. The van der Waals surface area contributed by atoms with Gasteiger partial charge in [-0.15, -0.1) is 6.58 Å². The number of benzene rings is 1. The van der Waals surface area contributed by atoms with Gasteiger partial charge in [0.15, 0.2) is 0 Å². The van der Waals surface area contributed by atoms with Crippen molar-refractivity contribution in [3.8, 4) is 0 Å². The maximum Gasteiger partial charge on any atom is 0.407 e. The van der Waals surface area contributed by atoms with Gasteiger partial charge >= 0.3 is 12.1 Å². The Hall–Kier alpha value is -2.80. The summed E-state index contributed by atoms with van der Waals surface area (Å²) in [7, 11) is 1.42. The molecule has 5 rings (SSSR count). The number of H-pyrrole nitrogens is 1. The minimum absolute atomic E-state index is 0.118. The summed E-state index contributed by atoms with van der Waals surface area (Å²) in [5, 5.41) is 3.96. The first kappa shape index (κ1) is 21.1. The van der Waals surface area contributed by atoms with Crippen LogP contribution in [-0.4, -0.2) is 54.8 Å². The van der Waals surface area contributed by atoms with Crippen LogP contribution in [0.4, 0.5) is 4.79 Å². The highest BCUT2D eigenvalue weighted by Crippen LogP contribution is 2.49. The molecule has 1 aromatic heterocycles. The molecule has 1 aliphatic carbocycles. The van der Waals surface area contributed by atoms with E-state index in [0.717, 1.165) is 32.4 Å². The molecule has 1 saturated carbocycles. The van der Waals surface area contributed by atoms with Crippen molar-refractivity contribution in [1.29, 1.82) is 0 Å². The second kappa shape index (κ2) is 8.62. The number of piperidine rings is 1. The van der Waals surface area contributed by atoms with Crippen molar-refractivity contribution in [3.05, 3.63) is 48.2 Å². The van der Waals surface area contributed by atoms with Crippen LogP contribution in [0.2, 0.25) is 0 Å². The Morgan fingerprint density at radius 2 is 2.16 bits per heavy atom. The molecule has 7 heteroatoms. The molecule has 32 heavy (non-hydrogen) atoms. The number of ether oxygens (including phenoxy) is 2. The van der Waals surface area contributed by atoms with Crippen LogP contribution in [0.25, 0.3) is 10.9 Å². The summed E-state index contributed by atoms with van der Waals surface area (Å²) < 4.78 is 10.9. The smallest absolute Gasteiger partial charge is 0.407 e. The first-order chi connectivity index (χ1) is 15.6. The number of nitrogens with zero attached hydrogens (tertiary/aromatic N) is 1. The van der Waals surface area contributed by atoms with Gasteiger partial charge in [0.25, 0.3) is 0 Å². The second-order valence-electron chi connectivity index (χ2n) is 9.22. The molecule has 0 radical (unpaired) electrons. The molecule has 0 unspecified atom stereocenters. The van der Waals surface area contributed by atoms with Crippen LogP contribution in [-0.2, 0) is 20.7 Å². The molecule has 0 bridgehead atoms. The number of carbonyl (C=O) groups is 2. The van der Waals surface area contributed by atoms with Crippen molar-refractivity contribution in [2.45, 2.75) is 37.8 Å². The zero-order chi connectivity index (χ0) is 22.2. The van der Waals surface area contributed by atoms with E-state index in [9.17, 15) is 9.59 Å². The number of esters is 1.